The number of carbonyl (C=O) groups is 1. The summed E-state index contributed by atoms with van der Waals surface area (Å²) in [5.74, 6) is -0.150. The molecule has 0 spiro atoms. The first-order valence-electron chi connectivity index (χ1n) is 8.69. The SMILES string of the molecule is COCCNC(=O)c1cccc(-n2cc(C3=NCc4ccccc43)nn2)c1. The minimum absolute atomic E-state index is 0.150. The molecule has 136 valence electrons. The topological polar surface area (TPSA) is 81.4 Å². The summed E-state index contributed by atoms with van der Waals surface area (Å²) >= 11 is 0. The van der Waals surface area contributed by atoms with Gasteiger partial charge in [0.25, 0.3) is 5.91 Å². The Hall–Kier alpha value is -3.32. The second-order valence-corrected chi connectivity index (χ2v) is 6.17. The molecule has 0 saturated heterocycles. The van der Waals surface area contributed by atoms with Crippen LogP contribution in [0.25, 0.3) is 5.69 Å². The number of rotatable bonds is 6. The Morgan fingerprint density at radius 1 is 1.22 bits per heavy atom. The summed E-state index contributed by atoms with van der Waals surface area (Å²) in [6.07, 6.45) is 1.84. The lowest BCUT2D eigenvalue weighted by Crippen LogP contribution is -2.26. The molecule has 2 aromatic carbocycles. The molecule has 3 aromatic rings. The van der Waals surface area contributed by atoms with Crippen molar-refractivity contribution in [2.45, 2.75) is 6.54 Å². The fourth-order valence-corrected chi connectivity index (χ4v) is 3.01. The predicted molar refractivity (Wildman–Crippen MR) is 101 cm³/mol. The highest BCUT2D eigenvalue weighted by molar-refractivity contribution is 6.13. The number of nitrogens with zero attached hydrogens (tertiary/aromatic N) is 4. The molecule has 1 N–H and O–H groups in total. The van der Waals surface area contributed by atoms with Crippen molar-refractivity contribution in [3.05, 3.63) is 77.1 Å². The van der Waals surface area contributed by atoms with Crippen LogP contribution in [0.15, 0.2) is 59.7 Å². The Morgan fingerprint density at radius 3 is 3.00 bits per heavy atom. The number of methoxy groups -OCH3 is 1. The summed E-state index contributed by atoms with van der Waals surface area (Å²) in [5.41, 5.74) is 5.18. The minimum atomic E-state index is -0.150. The van der Waals surface area contributed by atoms with E-state index < -0.39 is 0 Å². The first kappa shape index (κ1) is 17.1. The molecule has 0 aliphatic carbocycles. The van der Waals surface area contributed by atoms with Crippen molar-refractivity contribution >= 4 is 11.6 Å². The van der Waals surface area contributed by atoms with E-state index >= 15 is 0 Å². The summed E-state index contributed by atoms with van der Waals surface area (Å²) in [6.45, 7) is 1.60. The number of ether oxygens (including phenoxy) is 1. The maximum Gasteiger partial charge on any atom is 0.251 e. The van der Waals surface area contributed by atoms with E-state index in [4.69, 9.17) is 4.74 Å². The molecule has 7 nitrogen and oxygen atoms in total. The van der Waals surface area contributed by atoms with E-state index in [1.54, 1.807) is 23.9 Å². The van der Waals surface area contributed by atoms with Crippen LogP contribution in [-0.2, 0) is 11.3 Å². The average Bonchev–Trinajstić information content (AvgIpc) is 3.35. The summed E-state index contributed by atoms with van der Waals surface area (Å²) in [6, 6.07) is 15.4. The van der Waals surface area contributed by atoms with Crippen LogP contribution < -0.4 is 5.32 Å². The van der Waals surface area contributed by atoms with Crippen LogP contribution in [0.3, 0.4) is 0 Å². The quantitative estimate of drug-likeness (QED) is 0.681. The van der Waals surface area contributed by atoms with Gasteiger partial charge in [0.05, 0.1) is 30.7 Å². The van der Waals surface area contributed by atoms with Crippen LogP contribution in [0.4, 0.5) is 0 Å². The summed E-state index contributed by atoms with van der Waals surface area (Å²) in [4.78, 5) is 16.8. The van der Waals surface area contributed by atoms with E-state index in [0.29, 0.717) is 25.3 Å². The molecule has 0 bridgehead atoms. The van der Waals surface area contributed by atoms with Crippen LogP contribution in [0, 0.1) is 0 Å². The molecule has 7 heteroatoms. The largest absolute Gasteiger partial charge is 0.383 e. The van der Waals surface area contributed by atoms with Crippen molar-refractivity contribution in [3.8, 4) is 5.69 Å². The molecule has 1 amide bonds. The number of amides is 1. The van der Waals surface area contributed by atoms with Crippen molar-refractivity contribution in [2.24, 2.45) is 4.99 Å². The average molecular weight is 361 g/mol. The van der Waals surface area contributed by atoms with Gasteiger partial charge in [-0.2, -0.15) is 0 Å². The standard InChI is InChI=1S/C20H19N5O2/c1-27-10-9-21-20(26)14-6-4-7-16(11-14)25-13-18(23-24-25)19-17-8-3-2-5-15(17)12-22-19/h2-8,11,13H,9-10,12H2,1H3,(H,21,26). The normalized spacial score (nSPS) is 12.6. The molecular weight excluding hydrogens is 342 g/mol. The van der Waals surface area contributed by atoms with Crippen molar-refractivity contribution in [2.75, 3.05) is 20.3 Å². The summed E-state index contributed by atoms with van der Waals surface area (Å²) in [7, 11) is 1.60. The van der Waals surface area contributed by atoms with Crippen LogP contribution >= 0.6 is 0 Å². The number of benzene rings is 2. The predicted octanol–water partition coefficient (Wildman–Crippen LogP) is 1.99. The van der Waals surface area contributed by atoms with Gasteiger partial charge in [-0.05, 0) is 23.8 Å². The van der Waals surface area contributed by atoms with Crippen molar-refractivity contribution in [1.29, 1.82) is 0 Å². The van der Waals surface area contributed by atoms with Gasteiger partial charge in [-0.25, -0.2) is 4.68 Å². The Kier molecular flexibility index (Phi) is 4.76. The van der Waals surface area contributed by atoms with Gasteiger partial charge in [0.2, 0.25) is 0 Å². The number of aromatic nitrogens is 3. The molecule has 2 heterocycles. The van der Waals surface area contributed by atoms with Crippen molar-refractivity contribution in [1.82, 2.24) is 20.3 Å². The molecule has 1 aliphatic heterocycles. The number of carbonyl (C=O) groups excluding carboxylic acids is 1. The van der Waals surface area contributed by atoms with E-state index in [1.807, 2.05) is 36.5 Å². The molecule has 0 unspecified atom stereocenters. The zero-order chi connectivity index (χ0) is 18.6. The van der Waals surface area contributed by atoms with Gasteiger partial charge in [-0.1, -0.05) is 35.5 Å². The molecule has 4 rings (SSSR count). The van der Waals surface area contributed by atoms with Crippen LogP contribution in [-0.4, -0.2) is 46.9 Å². The summed E-state index contributed by atoms with van der Waals surface area (Å²) < 4.78 is 6.61. The molecule has 1 aromatic heterocycles. The number of fused-ring (bicyclic) bond motifs is 1. The van der Waals surface area contributed by atoms with E-state index in [2.05, 4.69) is 26.7 Å². The maximum atomic E-state index is 12.2. The summed E-state index contributed by atoms with van der Waals surface area (Å²) in [5, 5.41) is 11.3. The molecule has 1 aliphatic rings. The van der Waals surface area contributed by atoms with Crippen LogP contribution in [0.2, 0.25) is 0 Å². The van der Waals surface area contributed by atoms with E-state index in [0.717, 1.165) is 22.7 Å². The monoisotopic (exact) mass is 361 g/mol. The van der Waals surface area contributed by atoms with Gasteiger partial charge in [0, 0.05) is 24.8 Å². The first-order chi connectivity index (χ1) is 13.3. The zero-order valence-electron chi connectivity index (χ0n) is 14.9. The second kappa shape index (κ2) is 7.51. The molecule has 0 atom stereocenters. The lowest BCUT2D eigenvalue weighted by molar-refractivity contribution is 0.0937. The highest BCUT2D eigenvalue weighted by Gasteiger charge is 2.19. The lowest BCUT2D eigenvalue weighted by atomic mass is 10.0. The van der Waals surface area contributed by atoms with Crippen molar-refractivity contribution in [3.63, 3.8) is 0 Å². The van der Waals surface area contributed by atoms with E-state index in [9.17, 15) is 4.79 Å². The maximum absolute atomic E-state index is 12.2. The Morgan fingerprint density at radius 2 is 2.11 bits per heavy atom. The van der Waals surface area contributed by atoms with E-state index in [-0.39, 0.29) is 5.91 Å². The molecule has 0 radical (unpaired) electrons. The Bertz CT molecular complexity index is 1010. The van der Waals surface area contributed by atoms with Crippen LogP contribution in [0.5, 0.6) is 0 Å². The number of aliphatic imine (C=N–C) groups is 1. The second-order valence-electron chi connectivity index (χ2n) is 6.17. The first-order valence-corrected chi connectivity index (χ1v) is 8.69. The van der Waals surface area contributed by atoms with Gasteiger partial charge < -0.3 is 10.1 Å². The van der Waals surface area contributed by atoms with Gasteiger partial charge in [-0.3, -0.25) is 9.79 Å². The lowest BCUT2D eigenvalue weighted by Gasteiger charge is -2.06. The Labute approximate surface area is 156 Å². The molecule has 0 saturated carbocycles. The fraction of sp³-hybridized carbons (Fsp3) is 0.200. The minimum Gasteiger partial charge on any atom is -0.383 e. The fourth-order valence-electron chi connectivity index (χ4n) is 3.01. The number of nitrogens with one attached hydrogen (secondary N) is 1. The van der Waals surface area contributed by atoms with Gasteiger partial charge in [0.1, 0.15) is 5.69 Å². The van der Waals surface area contributed by atoms with E-state index in [1.165, 1.54) is 5.56 Å². The van der Waals surface area contributed by atoms with Gasteiger partial charge >= 0.3 is 0 Å². The number of hydrogen-bond acceptors (Lipinski definition) is 5. The van der Waals surface area contributed by atoms with Crippen molar-refractivity contribution < 1.29 is 9.53 Å². The van der Waals surface area contributed by atoms with Gasteiger partial charge in [-0.15, -0.1) is 5.10 Å². The van der Waals surface area contributed by atoms with Crippen LogP contribution in [0.1, 0.15) is 27.2 Å². The highest BCUT2D eigenvalue weighted by atomic mass is 16.5. The third-order valence-electron chi connectivity index (χ3n) is 4.38. The third-order valence-corrected chi connectivity index (χ3v) is 4.38. The third kappa shape index (κ3) is 3.50. The number of hydrogen-bond donors (Lipinski definition) is 1. The Balaban J connectivity index is 1.56. The molecule has 0 fully saturated rings. The zero-order valence-corrected chi connectivity index (χ0v) is 14.9. The van der Waals surface area contributed by atoms with Gasteiger partial charge in [0.15, 0.2) is 0 Å². The molecule has 27 heavy (non-hydrogen) atoms. The highest BCUT2D eigenvalue weighted by Crippen LogP contribution is 2.22. The smallest absolute Gasteiger partial charge is 0.251 e. The molecular formula is C20H19N5O2.